The van der Waals surface area contributed by atoms with Crippen LogP contribution in [0.5, 0.6) is 5.75 Å². The van der Waals surface area contributed by atoms with E-state index in [4.69, 9.17) is 14.2 Å². The van der Waals surface area contributed by atoms with E-state index >= 15 is 0 Å². The van der Waals surface area contributed by atoms with Crippen LogP contribution in [0.3, 0.4) is 0 Å². The Balaban J connectivity index is 2.38. The highest BCUT2D eigenvalue weighted by Gasteiger charge is 2.20. The van der Waals surface area contributed by atoms with Crippen molar-refractivity contribution < 1.29 is 28.6 Å². The molecule has 0 amide bonds. The first-order chi connectivity index (χ1) is 29.0. The Kier molecular flexibility index (Phi) is 40.7. The average Bonchev–Trinajstić information content (AvgIpc) is 3.23. The third kappa shape index (κ3) is 36.9. The second-order valence-electron chi connectivity index (χ2n) is 16.3. The third-order valence-corrected chi connectivity index (χ3v) is 13.6. The van der Waals surface area contributed by atoms with Gasteiger partial charge in [-0.1, -0.05) is 249 Å². The topological polar surface area (TPSA) is 78.9 Å². The molecule has 0 saturated heterocycles. The molecule has 1 rings (SSSR count). The van der Waals surface area contributed by atoms with Crippen LogP contribution in [0, 0.1) is 5.92 Å². The molecule has 0 fully saturated rings. The number of allylic oxidation sites excluding steroid dienone is 1. The van der Waals surface area contributed by atoms with Crippen molar-refractivity contribution >= 4 is 55.4 Å². The van der Waals surface area contributed by atoms with Crippen LogP contribution >= 0.6 is 37.5 Å². The molecule has 0 aliphatic heterocycles. The third-order valence-electron chi connectivity index (χ3n) is 10.9. The number of rotatable bonds is 43. The minimum atomic E-state index is -0.342. The van der Waals surface area contributed by atoms with Crippen LogP contribution < -0.4 is 4.74 Å². The van der Waals surface area contributed by atoms with Gasteiger partial charge in [0.15, 0.2) is 0 Å². The summed E-state index contributed by atoms with van der Waals surface area (Å²) in [7, 11) is 3.16. The summed E-state index contributed by atoms with van der Waals surface area (Å²) in [5, 5.41) is 0.617. The van der Waals surface area contributed by atoms with E-state index in [2.05, 4.69) is 29.8 Å². The molecule has 0 saturated carbocycles. The van der Waals surface area contributed by atoms with Crippen molar-refractivity contribution in [3.05, 3.63) is 42.0 Å². The highest BCUT2D eigenvalue weighted by atomic mass is 79.9. The van der Waals surface area contributed by atoms with Crippen LogP contribution in [0.15, 0.2) is 36.4 Å². The molecule has 0 N–H and O–H groups in total. The van der Waals surface area contributed by atoms with E-state index < -0.39 is 0 Å². The molecule has 0 bridgehead atoms. The maximum absolute atomic E-state index is 13.5. The molecule has 1 aromatic carbocycles. The first-order valence-corrected chi connectivity index (χ1v) is 27.7. The monoisotopic (exact) mass is 924 g/mol. The minimum absolute atomic E-state index is 0.0633. The lowest BCUT2D eigenvalue weighted by atomic mass is 9.94. The number of hydrogen-bond acceptors (Lipinski definition) is 8. The zero-order chi connectivity index (χ0) is 42.7. The van der Waals surface area contributed by atoms with Gasteiger partial charge in [0.05, 0.1) is 12.3 Å². The fraction of sp³-hybridized carbons (Fsp3) is 0.780. The van der Waals surface area contributed by atoms with Crippen LogP contribution in [-0.4, -0.2) is 48.0 Å². The van der Waals surface area contributed by atoms with E-state index in [0.717, 1.165) is 31.2 Å². The van der Waals surface area contributed by atoms with Crippen LogP contribution in [0.2, 0.25) is 0 Å². The second kappa shape index (κ2) is 43.2. The van der Waals surface area contributed by atoms with Crippen molar-refractivity contribution in [2.45, 2.75) is 213 Å². The zero-order valence-corrected chi connectivity index (χ0v) is 40.9. The number of carbonyl (C=O) groups excluding carboxylic acids is 3. The van der Waals surface area contributed by atoms with E-state index in [-0.39, 0.29) is 30.2 Å². The molecule has 1 aromatic rings. The Morgan fingerprint density at radius 3 is 1.36 bits per heavy atom. The van der Waals surface area contributed by atoms with E-state index in [9.17, 15) is 14.4 Å². The summed E-state index contributed by atoms with van der Waals surface area (Å²) >= 11 is 3.23. The number of alkyl halides is 1. The Morgan fingerprint density at radius 2 is 0.949 bits per heavy atom. The molecule has 0 radical (unpaired) electrons. The molecular weight excluding hydrogens is 841 g/mol. The highest BCUT2D eigenvalue weighted by molar-refractivity contribution is 9.09. The number of benzene rings is 1. The SMILES string of the molecule is CCCCCCCCCCCCCCCCC(CCCCCCCCCCCCCCCC)C(=O)Oc1ccc(CC(=O)OCCSSCCOC(=O)/C=C/CBr)cc1. The quantitative estimate of drug-likeness (QED) is 0.0160. The molecule has 0 aliphatic carbocycles. The van der Waals surface area contributed by atoms with E-state index in [1.807, 2.05) is 12.1 Å². The van der Waals surface area contributed by atoms with Crippen molar-refractivity contribution in [1.82, 2.24) is 0 Å². The van der Waals surface area contributed by atoms with Gasteiger partial charge in [0.1, 0.15) is 19.0 Å². The van der Waals surface area contributed by atoms with Crippen LogP contribution in [0.1, 0.15) is 212 Å². The summed E-state index contributed by atoms with van der Waals surface area (Å²) < 4.78 is 16.4. The Bertz CT molecular complexity index is 1110. The van der Waals surface area contributed by atoms with Crippen LogP contribution in [0.4, 0.5) is 0 Å². The van der Waals surface area contributed by atoms with Gasteiger partial charge in [-0.25, -0.2) is 4.79 Å². The molecule has 0 unspecified atom stereocenters. The summed E-state index contributed by atoms with van der Waals surface area (Å²) in [5.74, 6) is 1.07. The lowest BCUT2D eigenvalue weighted by Gasteiger charge is -2.16. The molecule has 0 aromatic heterocycles. The van der Waals surface area contributed by atoms with Gasteiger partial charge in [0.2, 0.25) is 0 Å². The first-order valence-electron chi connectivity index (χ1n) is 24.1. The second-order valence-corrected chi connectivity index (χ2v) is 19.6. The first kappa shape index (κ1) is 55.6. The van der Waals surface area contributed by atoms with Gasteiger partial charge < -0.3 is 14.2 Å². The number of esters is 3. The summed E-state index contributed by atoms with van der Waals surface area (Å²) in [6, 6.07) is 7.29. The molecule has 9 heteroatoms. The minimum Gasteiger partial charge on any atom is -0.465 e. The maximum Gasteiger partial charge on any atom is 0.330 e. The van der Waals surface area contributed by atoms with Crippen LogP contribution in [-0.2, 0) is 30.3 Å². The number of halogens is 1. The van der Waals surface area contributed by atoms with Crippen molar-refractivity contribution in [2.75, 3.05) is 30.0 Å². The number of ether oxygens (including phenoxy) is 3. The van der Waals surface area contributed by atoms with Crippen molar-refractivity contribution in [3.63, 3.8) is 0 Å². The zero-order valence-electron chi connectivity index (χ0n) is 37.6. The van der Waals surface area contributed by atoms with Gasteiger partial charge in [-0.15, -0.1) is 0 Å². The fourth-order valence-corrected chi connectivity index (χ4v) is 9.16. The van der Waals surface area contributed by atoms with Gasteiger partial charge in [-0.3, -0.25) is 9.59 Å². The Labute approximate surface area is 378 Å². The molecule has 0 atom stereocenters. The molecule has 6 nitrogen and oxygen atoms in total. The normalized spacial score (nSPS) is 11.5. The van der Waals surface area contributed by atoms with Gasteiger partial charge in [0, 0.05) is 22.9 Å². The standard InChI is InChI=1S/C50H85BrO6S2/c1-3-5-7-9-11-13-15-17-19-21-23-25-27-29-32-46(33-30-28-26-24-22-20-18-16-14-12-10-8-6-4-2)50(54)57-47-37-35-45(36-38-47)44-49(53)56-41-43-59-58-42-40-55-48(52)34-31-39-51/h31,34-38,46H,3-30,32-33,39-44H2,1-2H3/b34-31+. The lowest BCUT2D eigenvalue weighted by molar-refractivity contribution is -0.142. The Hall–Kier alpha value is -1.45. The Morgan fingerprint density at radius 1 is 0.559 bits per heavy atom. The summed E-state index contributed by atoms with van der Waals surface area (Å²) in [6.45, 7) is 5.22. The molecule has 59 heavy (non-hydrogen) atoms. The maximum atomic E-state index is 13.5. The smallest absolute Gasteiger partial charge is 0.330 e. The molecule has 0 aliphatic rings. The van der Waals surface area contributed by atoms with Gasteiger partial charge in [0.25, 0.3) is 0 Å². The van der Waals surface area contributed by atoms with Crippen molar-refractivity contribution in [1.29, 1.82) is 0 Å². The van der Waals surface area contributed by atoms with E-state index in [0.29, 0.717) is 35.8 Å². The molecule has 340 valence electrons. The lowest BCUT2D eigenvalue weighted by Crippen LogP contribution is -2.21. The van der Waals surface area contributed by atoms with Crippen LogP contribution in [0.25, 0.3) is 0 Å². The molecule has 0 heterocycles. The predicted octanol–water partition coefficient (Wildman–Crippen LogP) is 15.9. The molecule has 0 spiro atoms. The number of unbranched alkanes of at least 4 members (excludes halogenated alkanes) is 26. The van der Waals surface area contributed by atoms with Crippen molar-refractivity contribution in [2.24, 2.45) is 5.92 Å². The van der Waals surface area contributed by atoms with E-state index in [1.54, 1.807) is 39.8 Å². The fourth-order valence-electron chi connectivity index (χ4n) is 7.32. The van der Waals surface area contributed by atoms with Gasteiger partial charge in [-0.2, -0.15) is 0 Å². The number of carbonyl (C=O) groups is 3. The van der Waals surface area contributed by atoms with Crippen molar-refractivity contribution in [3.8, 4) is 5.75 Å². The summed E-state index contributed by atoms with van der Waals surface area (Å²) in [4.78, 5) is 37.4. The average molecular weight is 926 g/mol. The highest BCUT2D eigenvalue weighted by Crippen LogP contribution is 2.24. The van der Waals surface area contributed by atoms with E-state index in [1.165, 1.54) is 173 Å². The largest absolute Gasteiger partial charge is 0.465 e. The number of hydrogen-bond donors (Lipinski definition) is 0. The predicted molar refractivity (Wildman–Crippen MR) is 259 cm³/mol. The molecular formula is C50H85BrO6S2. The summed E-state index contributed by atoms with van der Waals surface area (Å²) in [6.07, 6.45) is 42.4. The summed E-state index contributed by atoms with van der Waals surface area (Å²) in [5.41, 5.74) is 0.828. The van der Waals surface area contributed by atoms with Gasteiger partial charge >= 0.3 is 17.9 Å². The van der Waals surface area contributed by atoms with Gasteiger partial charge in [-0.05, 0) is 30.5 Å².